The van der Waals surface area contributed by atoms with Crippen LogP contribution in [0.2, 0.25) is 0 Å². The molecule has 2 heterocycles. The summed E-state index contributed by atoms with van der Waals surface area (Å²) in [7, 11) is 0. The van der Waals surface area contributed by atoms with Gasteiger partial charge in [-0.25, -0.2) is 4.39 Å². The lowest BCUT2D eigenvalue weighted by Gasteiger charge is -2.26. The highest BCUT2D eigenvalue weighted by Gasteiger charge is 2.36. The minimum atomic E-state index is -0.654. The van der Waals surface area contributed by atoms with Gasteiger partial charge in [0.2, 0.25) is 5.91 Å². The number of hydrogen-bond donors (Lipinski definition) is 1. The summed E-state index contributed by atoms with van der Waals surface area (Å²) in [5.74, 6) is -0.548. The van der Waals surface area contributed by atoms with E-state index < -0.39 is 11.9 Å². The number of fused-ring (bicyclic) bond motifs is 1. The van der Waals surface area contributed by atoms with Crippen LogP contribution in [0.5, 0.6) is 5.75 Å². The molecule has 1 fully saturated rings. The van der Waals surface area contributed by atoms with Crippen LogP contribution in [0.1, 0.15) is 46.8 Å². The molecular weight excluding hydrogens is 425 g/mol. The van der Waals surface area contributed by atoms with E-state index in [1.807, 2.05) is 13.0 Å². The number of nitrogens with zero attached hydrogens (tertiary/aromatic N) is 2. The number of benzene rings is 2. The van der Waals surface area contributed by atoms with Crippen LogP contribution < -0.4 is 10.5 Å². The number of nitrogens with two attached hydrogens (primary N) is 1. The fraction of sp³-hybridized carbons (Fsp3) is 0.440. The van der Waals surface area contributed by atoms with E-state index in [9.17, 15) is 14.0 Å². The number of carbonyl (C=O) groups excluding carboxylic acids is 2. The van der Waals surface area contributed by atoms with Gasteiger partial charge in [-0.15, -0.1) is 0 Å². The maximum absolute atomic E-state index is 14.7. The van der Waals surface area contributed by atoms with Gasteiger partial charge in [-0.2, -0.15) is 0 Å². The Bertz CT molecular complexity index is 1020. The second-order valence-corrected chi connectivity index (χ2v) is 8.53. The summed E-state index contributed by atoms with van der Waals surface area (Å²) in [6.07, 6.45) is 1.24. The molecule has 0 aromatic heterocycles. The maximum Gasteiger partial charge on any atom is 0.255 e. The van der Waals surface area contributed by atoms with Crippen molar-refractivity contribution in [2.45, 2.75) is 45.5 Å². The predicted octanol–water partition coefficient (Wildman–Crippen LogP) is 2.85. The van der Waals surface area contributed by atoms with Gasteiger partial charge < -0.3 is 20.1 Å². The summed E-state index contributed by atoms with van der Waals surface area (Å²) in [6, 6.07) is 9.78. The number of hydrogen-bond acceptors (Lipinski definition) is 5. The summed E-state index contributed by atoms with van der Waals surface area (Å²) in [5, 5.41) is 0. The van der Waals surface area contributed by atoms with Crippen LogP contribution in [0, 0.1) is 5.82 Å². The van der Waals surface area contributed by atoms with Crippen LogP contribution in [0.15, 0.2) is 36.4 Å². The molecule has 1 saturated heterocycles. The van der Waals surface area contributed by atoms with Gasteiger partial charge in [-0.05, 0) is 30.2 Å². The molecule has 2 aromatic rings. The van der Waals surface area contributed by atoms with E-state index in [-0.39, 0.29) is 24.9 Å². The van der Waals surface area contributed by atoms with Crippen molar-refractivity contribution in [1.29, 1.82) is 0 Å². The number of ether oxygens (including phenoxy) is 2. The summed E-state index contributed by atoms with van der Waals surface area (Å²) >= 11 is 0. The first-order chi connectivity index (χ1) is 16.0. The second kappa shape index (κ2) is 10.3. The first-order valence-corrected chi connectivity index (χ1v) is 11.4. The molecule has 0 bridgehead atoms. The van der Waals surface area contributed by atoms with Gasteiger partial charge >= 0.3 is 0 Å². The van der Waals surface area contributed by atoms with Crippen molar-refractivity contribution in [3.05, 3.63) is 64.5 Å². The number of primary amides is 1. The molecule has 2 N–H and O–H groups in total. The molecule has 0 spiro atoms. The lowest BCUT2D eigenvalue weighted by atomic mass is 10.1. The van der Waals surface area contributed by atoms with Crippen molar-refractivity contribution in [3.63, 3.8) is 0 Å². The second-order valence-electron chi connectivity index (χ2n) is 8.53. The minimum absolute atomic E-state index is 0.0442. The van der Waals surface area contributed by atoms with Crippen LogP contribution in [0.25, 0.3) is 0 Å². The van der Waals surface area contributed by atoms with E-state index in [2.05, 4.69) is 4.90 Å². The molecule has 176 valence electrons. The first-order valence-electron chi connectivity index (χ1n) is 11.4. The third-order valence-corrected chi connectivity index (χ3v) is 6.23. The molecule has 1 atom stereocenters. The highest BCUT2D eigenvalue weighted by atomic mass is 19.1. The molecule has 0 radical (unpaired) electrons. The fourth-order valence-corrected chi connectivity index (χ4v) is 4.42. The molecule has 2 aliphatic heterocycles. The molecule has 1 unspecified atom stereocenters. The maximum atomic E-state index is 14.7. The molecule has 2 amide bonds. The molecule has 4 rings (SSSR count). The highest BCUT2D eigenvalue weighted by molar-refractivity contribution is 6.01. The van der Waals surface area contributed by atoms with Crippen LogP contribution in [-0.2, 0) is 29.2 Å². The van der Waals surface area contributed by atoms with Crippen LogP contribution >= 0.6 is 0 Å². The smallest absolute Gasteiger partial charge is 0.255 e. The monoisotopic (exact) mass is 455 g/mol. The zero-order valence-electron chi connectivity index (χ0n) is 18.9. The van der Waals surface area contributed by atoms with Crippen molar-refractivity contribution >= 4 is 11.8 Å². The molecule has 8 heteroatoms. The minimum Gasteiger partial charge on any atom is -0.488 e. The van der Waals surface area contributed by atoms with Crippen molar-refractivity contribution in [1.82, 2.24) is 9.80 Å². The number of morpholine rings is 1. The lowest BCUT2D eigenvalue weighted by molar-refractivity contribution is -0.122. The Morgan fingerprint density at radius 2 is 2.03 bits per heavy atom. The average Bonchev–Trinajstić information content (AvgIpc) is 3.14. The molecule has 33 heavy (non-hydrogen) atoms. The summed E-state index contributed by atoms with van der Waals surface area (Å²) in [6.45, 7) is 6.01. The molecular formula is C25H30FN3O4. The summed E-state index contributed by atoms with van der Waals surface area (Å²) in [4.78, 5) is 28.5. The quantitative estimate of drug-likeness (QED) is 0.629. The van der Waals surface area contributed by atoms with Gasteiger partial charge in [0, 0.05) is 36.3 Å². The van der Waals surface area contributed by atoms with Crippen LogP contribution in [-0.4, -0.2) is 54.0 Å². The van der Waals surface area contributed by atoms with E-state index in [0.717, 1.165) is 25.1 Å². The Balaban J connectivity index is 1.44. The van der Waals surface area contributed by atoms with Gasteiger partial charge in [-0.1, -0.05) is 31.5 Å². The molecule has 2 aliphatic rings. The number of amides is 2. The zero-order valence-corrected chi connectivity index (χ0v) is 18.9. The number of rotatable bonds is 9. The Morgan fingerprint density at radius 3 is 2.73 bits per heavy atom. The van der Waals surface area contributed by atoms with E-state index in [4.69, 9.17) is 15.2 Å². The van der Waals surface area contributed by atoms with Crippen LogP contribution in [0.3, 0.4) is 0 Å². The molecule has 7 nitrogen and oxygen atoms in total. The fourth-order valence-electron chi connectivity index (χ4n) is 4.42. The van der Waals surface area contributed by atoms with Gasteiger partial charge in [0.15, 0.2) is 0 Å². The van der Waals surface area contributed by atoms with E-state index in [1.54, 1.807) is 30.3 Å². The Morgan fingerprint density at radius 1 is 1.24 bits per heavy atom. The SMILES string of the molecule is CCCC(C(N)=O)N1Cc2c(OCc3ccc(CN4CCOCC4)cc3F)cccc2C1=O. The first kappa shape index (κ1) is 23.2. The zero-order chi connectivity index (χ0) is 23.4. The van der Waals surface area contributed by atoms with Crippen molar-refractivity contribution in [2.75, 3.05) is 26.3 Å². The van der Waals surface area contributed by atoms with Crippen molar-refractivity contribution < 1.29 is 23.5 Å². The Kier molecular flexibility index (Phi) is 7.25. The molecule has 0 saturated carbocycles. The third kappa shape index (κ3) is 5.17. The molecule has 0 aliphatic carbocycles. The highest BCUT2D eigenvalue weighted by Crippen LogP contribution is 2.33. The third-order valence-electron chi connectivity index (χ3n) is 6.23. The Labute approximate surface area is 193 Å². The molecule has 2 aromatic carbocycles. The van der Waals surface area contributed by atoms with Crippen molar-refractivity contribution in [3.8, 4) is 5.75 Å². The van der Waals surface area contributed by atoms with E-state index >= 15 is 0 Å². The van der Waals surface area contributed by atoms with Crippen molar-refractivity contribution in [2.24, 2.45) is 5.73 Å². The van der Waals surface area contributed by atoms with Gasteiger partial charge in [0.25, 0.3) is 5.91 Å². The Hall–Kier alpha value is -2.97. The number of halogens is 1. The standard InChI is InChI=1S/C25H30FN3O4/c1-2-4-22(24(27)30)29-15-20-19(25(29)31)5-3-6-23(20)33-16-18-8-7-17(13-21(18)26)14-28-9-11-32-12-10-28/h3,5-8,13,22H,2,4,9-12,14-16H2,1H3,(H2,27,30). The van der Waals surface area contributed by atoms with E-state index in [0.29, 0.717) is 48.6 Å². The number of carbonyl (C=O) groups is 2. The normalized spacial score (nSPS) is 17.2. The van der Waals surface area contributed by atoms with Gasteiger partial charge in [-0.3, -0.25) is 14.5 Å². The largest absolute Gasteiger partial charge is 0.488 e. The summed E-state index contributed by atoms with van der Waals surface area (Å²) in [5.41, 5.74) is 8.10. The predicted molar refractivity (Wildman–Crippen MR) is 121 cm³/mol. The van der Waals surface area contributed by atoms with Crippen LogP contribution in [0.4, 0.5) is 4.39 Å². The topological polar surface area (TPSA) is 85.1 Å². The lowest BCUT2D eigenvalue weighted by Crippen LogP contribution is -2.44. The average molecular weight is 456 g/mol. The summed E-state index contributed by atoms with van der Waals surface area (Å²) < 4.78 is 26.0. The van der Waals surface area contributed by atoms with Gasteiger partial charge in [0.1, 0.15) is 24.2 Å². The van der Waals surface area contributed by atoms with Gasteiger partial charge in [0.05, 0.1) is 19.8 Å². The van der Waals surface area contributed by atoms with E-state index in [1.165, 1.54) is 4.90 Å².